The summed E-state index contributed by atoms with van der Waals surface area (Å²) >= 11 is 8.86. The largest absolute Gasteiger partial charge is 0.378 e. The van der Waals surface area contributed by atoms with E-state index in [4.69, 9.17) is 11.6 Å². The molecule has 0 spiro atoms. The molecule has 1 atom stereocenters. The van der Waals surface area contributed by atoms with Crippen molar-refractivity contribution in [2.75, 3.05) is 11.9 Å². The van der Waals surface area contributed by atoms with Gasteiger partial charge in [-0.1, -0.05) is 23.7 Å². The molecule has 27 heavy (non-hydrogen) atoms. The van der Waals surface area contributed by atoms with E-state index in [1.807, 2.05) is 22.2 Å². The number of halogens is 1. The fraction of sp³-hybridized carbons (Fsp3) is 0.158. The average Bonchev–Trinajstić information content (AvgIpc) is 3.37. The van der Waals surface area contributed by atoms with Crippen molar-refractivity contribution in [2.45, 2.75) is 12.5 Å². The Hall–Kier alpha value is -2.19. The van der Waals surface area contributed by atoms with Crippen LogP contribution in [0.25, 0.3) is 0 Å². The molecule has 0 aliphatic rings. The third-order valence-corrected chi connectivity index (χ3v) is 6.27. The number of amides is 2. The Kier molecular flexibility index (Phi) is 5.96. The number of carbonyl (C=O) groups excluding carboxylic acids is 2. The van der Waals surface area contributed by atoms with E-state index in [0.717, 1.165) is 0 Å². The maximum absolute atomic E-state index is 12.3. The molecule has 0 fully saturated rings. The molecule has 0 radical (unpaired) electrons. The molecule has 0 aliphatic carbocycles. The van der Waals surface area contributed by atoms with E-state index in [1.54, 1.807) is 37.3 Å². The maximum Gasteiger partial charge on any atom is 0.313 e. The molecule has 0 aliphatic heterocycles. The van der Waals surface area contributed by atoms with Crippen LogP contribution in [0.5, 0.6) is 0 Å². The highest BCUT2D eigenvalue weighted by Gasteiger charge is 2.34. The predicted octanol–water partition coefficient (Wildman–Crippen LogP) is 3.76. The van der Waals surface area contributed by atoms with Gasteiger partial charge >= 0.3 is 11.8 Å². The van der Waals surface area contributed by atoms with Gasteiger partial charge < -0.3 is 15.7 Å². The highest BCUT2D eigenvalue weighted by atomic mass is 35.5. The first kappa shape index (κ1) is 19.6. The second-order valence-electron chi connectivity index (χ2n) is 5.90. The quantitative estimate of drug-likeness (QED) is 0.550. The zero-order valence-corrected chi connectivity index (χ0v) is 16.8. The van der Waals surface area contributed by atoms with Gasteiger partial charge in [-0.2, -0.15) is 11.3 Å². The normalized spacial score (nSPS) is 13.0. The number of nitrogens with one attached hydrogen (secondary N) is 2. The lowest BCUT2D eigenvalue weighted by Gasteiger charge is -2.26. The molecule has 2 aromatic heterocycles. The Bertz CT molecular complexity index is 906. The van der Waals surface area contributed by atoms with Crippen LogP contribution in [0.15, 0.2) is 52.5 Å². The number of aliphatic hydroxyl groups is 1. The van der Waals surface area contributed by atoms with E-state index in [1.165, 1.54) is 22.7 Å². The van der Waals surface area contributed by atoms with Crippen LogP contribution < -0.4 is 10.6 Å². The highest BCUT2D eigenvalue weighted by molar-refractivity contribution is 7.10. The van der Waals surface area contributed by atoms with Gasteiger partial charge in [-0.15, -0.1) is 11.3 Å². The first-order valence-corrected chi connectivity index (χ1v) is 10.2. The van der Waals surface area contributed by atoms with Gasteiger partial charge in [-0.25, -0.2) is 0 Å². The molecule has 0 unspecified atom stereocenters. The number of carbonyl (C=O) groups is 2. The minimum Gasteiger partial charge on any atom is -0.378 e. The number of hydrogen-bond acceptors (Lipinski definition) is 5. The lowest BCUT2D eigenvalue weighted by atomic mass is 9.94. The van der Waals surface area contributed by atoms with Gasteiger partial charge in [0.25, 0.3) is 0 Å². The van der Waals surface area contributed by atoms with Crippen molar-refractivity contribution in [3.63, 3.8) is 0 Å². The molecule has 3 aromatic rings. The molecular weight excluding hydrogens is 404 g/mol. The van der Waals surface area contributed by atoms with Crippen LogP contribution in [0.1, 0.15) is 16.0 Å². The summed E-state index contributed by atoms with van der Waals surface area (Å²) in [5.74, 6) is -1.65. The van der Waals surface area contributed by atoms with Crippen LogP contribution in [0.3, 0.4) is 0 Å². The van der Waals surface area contributed by atoms with E-state index in [2.05, 4.69) is 10.6 Å². The molecule has 2 heterocycles. The zero-order chi connectivity index (χ0) is 19.4. The molecule has 140 valence electrons. The van der Waals surface area contributed by atoms with Crippen LogP contribution in [0, 0.1) is 6.92 Å². The first-order valence-electron chi connectivity index (χ1n) is 8.05. The zero-order valence-electron chi connectivity index (χ0n) is 14.4. The standard InChI is InChI=1S/C19H17ClN2O3S2/c1-12-14(20)4-2-5-15(12)22-18(24)17(23)21-11-19(25,13-7-9-26-10-13)16-6-3-8-27-16/h2-10,25H,11H2,1H3,(H,21,23)(H,22,24)/t19-/m0/s1. The summed E-state index contributed by atoms with van der Waals surface area (Å²) in [5, 5.41) is 22.3. The van der Waals surface area contributed by atoms with Gasteiger partial charge in [0.2, 0.25) is 0 Å². The van der Waals surface area contributed by atoms with E-state index < -0.39 is 17.4 Å². The van der Waals surface area contributed by atoms with Crippen LogP contribution in [0.4, 0.5) is 5.69 Å². The van der Waals surface area contributed by atoms with Crippen LogP contribution in [0.2, 0.25) is 5.02 Å². The number of rotatable bonds is 5. The molecule has 1 aromatic carbocycles. The third-order valence-electron chi connectivity index (χ3n) is 4.15. The first-order chi connectivity index (χ1) is 12.9. The maximum atomic E-state index is 12.3. The number of thiophene rings is 2. The molecule has 0 saturated heterocycles. The SMILES string of the molecule is Cc1c(Cl)cccc1NC(=O)C(=O)NC[C@](O)(c1ccsc1)c1cccs1. The average molecular weight is 421 g/mol. The van der Waals surface area contributed by atoms with E-state index in [0.29, 0.717) is 26.7 Å². The molecule has 2 amide bonds. The van der Waals surface area contributed by atoms with Gasteiger partial charge in [0.05, 0.1) is 6.54 Å². The minimum absolute atomic E-state index is 0.120. The van der Waals surface area contributed by atoms with Gasteiger partial charge in [0, 0.05) is 21.2 Å². The van der Waals surface area contributed by atoms with Crippen molar-refractivity contribution >= 4 is 51.8 Å². The summed E-state index contributed by atoms with van der Waals surface area (Å²) < 4.78 is 0. The van der Waals surface area contributed by atoms with Gasteiger partial charge in [-0.3, -0.25) is 9.59 Å². The lowest BCUT2D eigenvalue weighted by molar-refractivity contribution is -0.136. The Labute approximate surface area is 169 Å². The van der Waals surface area contributed by atoms with Crippen molar-refractivity contribution in [2.24, 2.45) is 0 Å². The molecule has 3 rings (SSSR count). The number of benzene rings is 1. The molecule has 8 heteroatoms. The summed E-state index contributed by atoms with van der Waals surface area (Å²) in [6.45, 7) is 1.63. The van der Waals surface area contributed by atoms with Crippen LogP contribution in [-0.2, 0) is 15.2 Å². The van der Waals surface area contributed by atoms with Gasteiger partial charge in [0.1, 0.15) is 5.60 Å². The highest BCUT2D eigenvalue weighted by Crippen LogP contribution is 2.33. The van der Waals surface area contributed by atoms with Crippen LogP contribution in [-0.4, -0.2) is 23.5 Å². The molecule has 0 saturated carbocycles. The third kappa shape index (κ3) is 4.22. The monoisotopic (exact) mass is 420 g/mol. The Morgan fingerprint density at radius 1 is 1.15 bits per heavy atom. The lowest BCUT2D eigenvalue weighted by Crippen LogP contribution is -2.44. The molecular formula is C19H17ClN2O3S2. The topological polar surface area (TPSA) is 78.4 Å². The van der Waals surface area contributed by atoms with E-state index in [-0.39, 0.29) is 6.54 Å². The smallest absolute Gasteiger partial charge is 0.313 e. The van der Waals surface area contributed by atoms with Crippen molar-refractivity contribution in [3.8, 4) is 0 Å². The van der Waals surface area contributed by atoms with E-state index in [9.17, 15) is 14.7 Å². The summed E-state index contributed by atoms with van der Waals surface area (Å²) in [6, 6.07) is 10.5. The van der Waals surface area contributed by atoms with Crippen molar-refractivity contribution in [1.29, 1.82) is 0 Å². The van der Waals surface area contributed by atoms with Crippen molar-refractivity contribution in [1.82, 2.24) is 5.32 Å². The summed E-state index contributed by atoms with van der Waals surface area (Å²) in [4.78, 5) is 25.2. The summed E-state index contributed by atoms with van der Waals surface area (Å²) in [6.07, 6.45) is 0. The Morgan fingerprint density at radius 2 is 1.96 bits per heavy atom. The van der Waals surface area contributed by atoms with E-state index >= 15 is 0 Å². The molecule has 3 N–H and O–H groups in total. The predicted molar refractivity (Wildman–Crippen MR) is 109 cm³/mol. The summed E-state index contributed by atoms with van der Waals surface area (Å²) in [5.41, 5.74) is 0.417. The second-order valence-corrected chi connectivity index (χ2v) is 8.03. The fourth-order valence-corrected chi connectivity index (χ4v) is 4.30. The minimum atomic E-state index is -1.39. The van der Waals surface area contributed by atoms with Gasteiger partial charge in [0.15, 0.2) is 0 Å². The Morgan fingerprint density at radius 3 is 2.63 bits per heavy atom. The molecule has 5 nitrogen and oxygen atoms in total. The number of hydrogen-bond donors (Lipinski definition) is 3. The summed E-state index contributed by atoms with van der Waals surface area (Å²) in [7, 11) is 0. The van der Waals surface area contributed by atoms with Gasteiger partial charge in [-0.05, 0) is 52.9 Å². The molecule has 0 bridgehead atoms. The Balaban J connectivity index is 1.71. The van der Waals surface area contributed by atoms with Crippen molar-refractivity contribution in [3.05, 3.63) is 73.6 Å². The van der Waals surface area contributed by atoms with Crippen molar-refractivity contribution < 1.29 is 14.7 Å². The fourth-order valence-electron chi connectivity index (χ4n) is 2.56. The van der Waals surface area contributed by atoms with Crippen LogP contribution >= 0.6 is 34.3 Å². The second kappa shape index (κ2) is 8.22. The number of anilines is 1.